The predicted molar refractivity (Wildman–Crippen MR) is 159 cm³/mol. The fourth-order valence-corrected chi connectivity index (χ4v) is 6.82. The van der Waals surface area contributed by atoms with Gasteiger partial charge in [-0.25, -0.2) is 0 Å². The summed E-state index contributed by atoms with van der Waals surface area (Å²) < 4.78 is 2.36. The molecule has 1 radical (unpaired) electrons. The van der Waals surface area contributed by atoms with Crippen LogP contribution >= 0.6 is 0 Å². The molecule has 3 aliphatic rings. The van der Waals surface area contributed by atoms with Crippen molar-refractivity contribution in [2.24, 2.45) is 5.92 Å². The summed E-state index contributed by atoms with van der Waals surface area (Å²) in [6, 6.07) is 31.8. The van der Waals surface area contributed by atoms with Crippen LogP contribution in [0, 0.1) is 18.1 Å². The van der Waals surface area contributed by atoms with Gasteiger partial charge in [-0.15, -0.1) is 71.3 Å². The minimum atomic E-state index is 0. The molecule has 203 valence electrons. The number of benzene rings is 3. The van der Waals surface area contributed by atoms with Crippen LogP contribution in [0.15, 0.2) is 85.1 Å². The van der Waals surface area contributed by atoms with E-state index in [1.54, 1.807) is 5.57 Å². The summed E-state index contributed by atoms with van der Waals surface area (Å²) in [7, 11) is 0. The van der Waals surface area contributed by atoms with Gasteiger partial charge >= 0.3 is 0 Å². The first-order chi connectivity index (χ1) is 19.1. The van der Waals surface area contributed by atoms with E-state index >= 15 is 0 Å². The molecule has 0 amide bonds. The number of para-hydroxylation sites is 1. The number of imidazole rings is 1. The molecule has 1 saturated carbocycles. The molecule has 0 spiro atoms. The normalized spacial score (nSPS) is 16.7. The molecule has 1 aliphatic heterocycles. The SMILES string of the molecule is CC1(C)Cc2ccc[c-]c2-c2ncccc21.[Ir].[c-]1ccccc1-c1nc2cccc3c2n1CC=C3C1CCCC1. The minimum Gasteiger partial charge on any atom is -0.360 e. The van der Waals surface area contributed by atoms with Crippen LogP contribution in [0.5, 0.6) is 0 Å². The third-order valence-corrected chi connectivity index (χ3v) is 8.66. The van der Waals surface area contributed by atoms with Crippen molar-refractivity contribution in [2.45, 2.75) is 57.9 Å². The van der Waals surface area contributed by atoms with Crippen molar-refractivity contribution in [3.8, 4) is 22.6 Å². The zero-order valence-corrected chi connectivity index (χ0v) is 25.5. The standard InChI is InChI=1S/C21H19N2.C15H14N.Ir/c1-2-9-16(10-3-1)21-22-19-12-6-11-18-17(15-7-4-5-8-15)13-14-23(21)20(18)19;1-15(2)10-11-6-3-4-7-12(11)14-13(15)8-5-9-16-14;/h1-3,6,9,11-13,15H,4-5,7-8,14H2;3-6,8-9H,10H2,1-2H3;/q2*-1;. The van der Waals surface area contributed by atoms with Crippen molar-refractivity contribution in [1.82, 2.24) is 14.5 Å². The van der Waals surface area contributed by atoms with Crippen molar-refractivity contribution in [3.63, 3.8) is 0 Å². The summed E-state index contributed by atoms with van der Waals surface area (Å²) in [5, 5.41) is 0. The molecule has 3 nitrogen and oxygen atoms in total. The second-order valence-corrected chi connectivity index (χ2v) is 11.7. The van der Waals surface area contributed by atoms with Crippen LogP contribution in [-0.4, -0.2) is 14.5 Å². The topological polar surface area (TPSA) is 30.7 Å². The van der Waals surface area contributed by atoms with E-state index in [1.165, 1.54) is 53.5 Å². The van der Waals surface area contributed by atoms with Crippen LogP contribution in [0.2, 0.25) is 0 Å². The Kier molecular flexibility index (Phi) is 7.33. The van der Waals surface area contributed by atoms with E-state index in [4.69, 9.17) is 4.98 Å². The Bertz CT molecular complexity index is 1690. The number of nitrogens with zero attached hydrogens (tertiary/aromatic N) is 3. The van der Waals surface area contributed by atoms with Gasteiger partial charge in [-0.1, -0.05) is 62.9 Å². The monoisotopic (exact) mass is 700 g/mol. The first-order valence-corrected chi connectivity index (χ1v) is 14.2. The van der Waals surface area contributed by atoms with Crippen LogP contribution < -0.4 is 0 Å². The predicted octanol–water partition coefficient (Wildman–Crippen LogP) is 8.47. The van der Waals surface area contributed by atoms with Crippen molar-refractivity contribution in [2.75, 3.05) is 0 Å². The molecule has 2 aromatic heterocycles. The second-order valence-electron chi connectivity index (χ2n) is 11.7. The summed E-state index contributed by atoms with van der Waals surface area (Å²) in [5.41, 5.74) is 11.6. The molecule has 1 fully saturated rings. The smallest absolute Gasteiger partial charge is 0.0777 e. The molecule has 0 atom stereocenters. The molecule has 40 heavy (non-hydrogen) atoms. The Hall–Kier alpha value is -3.33. The van der Waals surface area contributed by atoms with E-state index in [1.807, 2.05) is 30.5 Å². The molecule has 3 aromatic carbocycles. The van der Waals surface area contributed by atoms with Gasteiger partial charge < -0.3 is 9.55 Å². The third-order valence-electron chi connectivity index (χ3n) is 8.66. The maximum absolute atomic E-state index is 4.91. The second kappa shape index (κ2) is 10.9. The zero-order chi connectivity index (χ0) is 26.4. The van der Waals surface area contributed by atoms with Gasteiger partial charge in [0.15, 0.2) is 0 Å². The number of hydrogen-bond acceptors (Lipinski definition) is 2. The molecule has 0 N–H and O–H groups in total. The number of pyridine rings is 1. The van der Waals surface area contributed by atoms with Gasteiger partial charge in [0.25, 0.3) is 0 Å². The van der Waals surface area contributed by atoms with Gasteiger partial charge in [-0.2, -0.15) is 0 Å². The molecule has 0 saturated heterocycles. The summed E-state index contributed by atoms with van der Waals surface area (Å²) in [6.07, 6.45) is 10.8. The Balaban J connectivity index is 0.000000150. The Morgan fingerprint density at radius 1 is 0.900 bits per heavy atom. The first kappa shape index (κ1) is 26.9. The fourth-order valence-electron chi connectivity index (χ4n) is 6.82. The maximum atomic E-state index is 4.91. The van der Waals surface area contributed by atoms with Gasteiger partial charge in [0.05, 0.1) is 16.9 Å². The average Bonchev–Trinajstić information content (AvgIpc) is 3.64. The summed E-state index contributed by atoms with van der Waals surface area (Å²) >= 11 is 0. The molecule has 8 rings (SSSR count). The Morgan fingerprint density at radius 2 is 1.75 bits per heavy atom. The van der Waals surface area contributed by atoms with Gasteiger partial charge in [-0.05, 0) is 47.6 Å². The van der Waals surface area contributed by atoms with E-state index in [2.05, 4.69) is 90.1 Å². The molecule has 5 aromatic rings. The summed E-state index contributed by atoms with van der Waals surface area (Å²) in [6.45, 7) is 5.49. The number of hydrogen-bond donors (Lipinski definition) is 0. The molecular weight excluding hydrogens is 667 g/mol. The Morgan fingerprint density at radius 3 is 2.58 bits per heavy atom. The fraction of sp³-hybridized carbons (Fsp3) is 0.278. The number of allylic oxidation sites excluding steroid dienone is 2. The molecular formula is C36H33IrN3-2. The van der Waals surface area contributed by atoms with E-state index in [0.717, 1.165) is 41.5 Å². The van der Waals surface area contributed by atoms with E-state index in [0.29, 0.717) is 0 Å². The number of aromatic nitrogens is 3. The van der Waals surface area contributed by atoms with Crippen LogP contribution in [0.1, 0.15) is 56.2 Å². The zero-order valence-electron chi connectivity index (χ0n) is 23.1. The van der Waals surface area contributed by atoms with E-state index in [9.17, 15) is 0 Å². The van der Waals surface area contributed by atoms with Crippen LogP contribution in [0.3, 0.4) is 0 Å². The van der Waals surface area contributed by atoms with Gasteiger partial charge in [0.2, 0.25) is 0 Å². The quantitative estimate of drug-likeness (QED) is 0.173. The number of rotatable bonds is 2. The summed E-state index contributed by atoms with van der Waals surface area (Å²) in [5.74, 6) is 1.78. The molecule has 2 aliphatic carbocycles. The van der Waals surface area contributed by atoms with Crippen LogP contribution in [0.25, 0.3) is 39.3 Å². The molecule has 4 heteroatoms. The van der Waals surface area contributed by atoms with Crippen LogP contribution in [0.4, 0.5) is 0 Å². The van der Waals surface area contributed by atoms with Gasteiger partial charge in [0.1, 0.15) is 0 Å². The van der Waals surface area contributed by atoms with Crippen LogP contribution in [-0.2, 0) is 38.5 Å². The van der Waals surface area contributed by atoms with Gasteiger partial charge in [0, 0.05) is 38.4 Å². The van der Waals surface area contributed by atoms with Crippen molar-refractivity contribution in [1.29, 1.82) is 0 Å². The van der Waals surface area contributed by atoms with Gasteiger partial charge in [-0.3, -0.25) is 4.98 Å². The average molecular weight is 700 g/mol. The third kappa shape index (κ3) is 4.68. The molecule has 3 heterocycles. The van der Waals surface area contributed by atoms with E-state index < -0.39 is 0 Å². The largest absolute Gasteiger partial charge is 0.360 e. The first-order valence-electron chi connectivity index (χ1n) is 14.2. The maximum Gasteiger partial charge on any atom is 0.0777 e. The van der Waals surface area contributed by atoms with E-state index in [-0.39, 0.29) is 25.5 Å². The molecule has 0 bridgehead atoms. The Labute approximate surface area is 250 Å². The molecule has 0 unspecified atom stereocenters. The number of fused-ring (bicyclic) bond motifs is 3. The van der Waals surface area contributed by atoms with Crippen molar-refractivity contribution in [3.05, 3.63) is 114 Å². The summed E-state index contributed by atoms with van der Waals surface area (Å²) in [4.78, 5) is 9.44. The van der Waals surface area contributed by atoms with Crippen molar-refractivity contribution >= 4 is 16.6 Å². The van der Waals surface area contributed by atoms with Crippen molar-refractivity contribution < 1.29 is 20.1 Å². The minimum absolute atomic E-state index is 0.